The van der Waals surface area contributed by atoms with E-state index in [1.165, 1.54) is 0 Å². The average Bonchev–Trinajstić information content (AvgIpc) is 2.63. The van der Waals surface area contributed by atoms with Crippen molar-refractivity contribution in [2.45, 2.75) is 39.5 Å². The first kappa shape index (κ1) is 17.9. The van der Waals surface area contributed by atoms with Crippen molar-refractivity contribution in [2.24, 2.45) is 5.92 Å². The highest BCUT2D eigenvalue weighted by Crippen LogP contribution is 2.18. The Morgan fingerprint density at radius 3 is 2.12 bits per heavy atom. The van der Waals surface area contributed by atoms with Crippen LogP contribution in [-0.4, -0.2) is 11.7 Å². The van der Waals surface area contributed by atoms with Crippen LogP contribution >= 0.6 is 0 Å². The van der Waals surface area contributed by atoms with Crippen molar-refractivity contribution in [1.82, 2.24) is 0 Å². The Labute approximate surface area is 144 Å². The van der Waals surface area contributed by atoms with Gasteiger partial charge >= 0.3 is 0 Å². The molecule has 0 saturated carbocycles. The average molecular weight is 323 g/mol. The van der Waals surface area contributed by atoms with Gasteiger partial charge in [-0.2, -0.15) is 0 Å². The molecule has 0 heterocycles. The molecule has 0 unspecified atom stereocenters. The number of ketones is 1. The fraction of sp³-hybridized carbons (Fsp3) is 0.333. The highest BCUT2D eigenvalue weighted by molar-refractivity contribution is 6.09. The first-order valence-electron chi connectivity index (χ1n) is 8.66. The highest BCUT2D eigenvalue weighted by atomic mass is 16.2. The molecule has 24 heavy (non-hydrogen) atoms. The number of benzene rings is 2. The summed E-state index contributed by atoms with van der Waals surface area (Å²) in [5.41, 5.74) is 2.02. The van der Waals surface area contributed by atoms with E-state index < -0.39 is 0 Å². The van der Waals surface area contributed by atoms with Gasteiger partial charge in [-0.1, -0.05) is 57.0 Å². The SMILES string of the molecule is CCCC[C@@H](CC)C(=O)Nc1ccc(C(=O)c2ccccc2)cc1. The van der Waals surface area contributed by atoms with E-state index in [1.54, 1.807) is 36.4 Å². The highest BCUT2D eigenvalue weighted by Gasteiger charge is 2.16. The molecule has 1 N–H and O–H groups in total. The Kier molecular flexibility index (Phi) is 6.74. The van der Waals surface area contributed by atoms with Crippen molar-refractivity contribution in [3.8, 4) is 0 Å². The van der Waals surface area contributed by atoms with E-state index in [4.69, 9.17) is 0 Å². The molecule has 2 aromatic carbocycles. The second kappa shape index (κ2) is 9.02. The van der Waals surface area contributed by atoms with E-state index in [0.29, 0.717) is 11.1 Å². The van der Waals surface area contributed by atoms with Crippen LogP contribution < -0.4 is 5.32 Å². The Morgan fingerprint density at radius 1 is 0.917 bits per heavy atom. The summed E-state index contributed by atoms with van der Waals surface area (Å²) in [5, 5.41) is 2.96. The topological polar surface area (TPSA) is 46.2 Å². The van der Waals surface area contributed by atoms with Gasteiger partial charge in [0.2, 0.25) is 5.91 Å². The normalized spacial score (nSPS) is 11.8. The maximum Gasteiger partial charge on any atom is 0.227 e. The first-order chi connectivity index (χ1) is 11.7. The molecule has 3 heteroatoms. The summed E-state index contributed by atoms with van der Waals surface area (Å²) < 4.78 is 0. The standard InChI is InChI=1S/C21H25NO2/c1-3-5-9-16(4-2)21(24)22-19-14-12-18(13-15-19)20(23)17-10-7-6-8-11-17/h6-8,10-16H,3-5,9H2,1-2H3,(H,22,24)/t16-/m1/s1. The lowest BCUT2D eigenvalue weighted by molar-refractivity contribution is -0.120. The summed E-state index contributed by atoms with van der Waals surface area (Å²) in [4.78, 5) is 24.7. The molecular weight excluding hydrogens is 298 g/mol. The van der Waals surface area contributed by atoms with E-state index in [1.807, 2.05) is 25.1 Å². The molecule has 1 amide bonds. The van der Waals surface area contributed by atoms with Crippen LogP contribution in [0, 0.1) is 5.92 Å². The molecule has 2 rings (SSSR count). The molecular formula is C21H25NO2. The quantitative estimate of drug-likeness (QED) is 0.689. The van der Waals surface area contributed by atoms with Gasteiger partial charge in [0.25, 0.3) is 0 Å². The number of amides is 1. The third kappa shape index (κ3) is 4.79. The minimum atomic E-state index is -0.0112. The van der Waals surface area contributed by atoms with Gasteiger partial charge in [-0.15, -0.1) is 0 Å². The van der Waals surface area contributed by atoms with Crippen molar-refractivity contribution in [3.63, 3.8) is 0 Å². The van der Waals surface area contributed by atoms with Crippen molar-refractivity contribution in [2.75, 3.05) is 5.32 Å². The number of nitrogens with one attached hydrogen (secondary N) is 1. The molecule has 126 valence electrons. The molecule has 1 atom stereocenters. The van der Waals surface area contributed by atoms with Gasteiger partial charge in [0, 0.05) is 22.7 Å². The number of hydrogen-bond donors (Lipinski definition) is 1. The van der Waals surface area contributed by atoms with Gasteiger partial charge in [0.05, 0.1) is 0 Å². The molecule has 0 aliphatic rings. The monoisotopic (exact) mass is 323 g/mol. The van der Waals surface area contributed by atoms with E-state index in [-0.39, 0.29) is 17.6 Å². The van der Waals surface area contributed by atoms with Gasteiger partial charge in [-0.05, 0) is 37.1 Å². The second-order valence-electron chi connectivity index (χ2n) is 6.01. The van der Waals surface area contributed by atoms with Crippen LogP contribution in [0.1, 0.15) is 55.5 Å². The minimum absolute atomic E-state index is 0.0112. The number of carbonyl (C=O) groups excluding carboxylic acids is 2. The van der Waals surface area contributed by atoms with E-state index in [0.717, 1.165) is 31.4 Å². The zero-order valence-electron chi connectivity index (χ0n) is 14.4. The fourth-order valence-electron chi connectivity index (χ4n) is 2.68. The maximum absolute atomic E-state index is 12.4. The van der Waals surface area contributed by atoms with Gasteiger partial charge in [0.1, 0.15) is 0 Å². The number of hydrogen-bond acceptors (Lipinski definition) is 2. The van der Waals surface area contributed by atoms with Crippen molar-refractivity contribution >= 4 is 17.4 Å². The summed E-state index contributed by atoms with van der Waals surface area (Å²) in [6, 6.07) is 16.3. The number of carbonyl (C=O) groups is 2. The van der Waals surface area contributed by atoms with Crippen LogP contribution in [0.4, 0.5) is 5.69 Å². The molecule has 0 saturated heterocycles. The number of rotatable bonds is 8. The van der Waals surface area contributed by atoms with Crippen LogP contribution in [0.5, 0.6) is 0 Å². The molecule has 3 nitrogen and oxygen atoms in total. The van der Waals surface area contributed by atoms with Crippen LogP contribution in [-0.2, 0) is 4.79 Å². The zero-order chi connectivity index (χ0) is 17.4. The predicted molar refractivity (Wildman–Crippen MR) is 98.3 cm³/mol. The molecule has 0 aliphatic heterocycles. The molecule has 0 fully saturated rings. The van der Waals surface area contributed by atoms with Crippen molar-refractivity contribution in [3.05, 3.63) is 65.7 Å². The van der Waals surface area contributed by atoms with Crippen LogP contribution in [0.3, 0.4) is 0 Å². The largest absolute Gasteiger partial charge is 0.326 e. The molecule has 0 aromatic heterocycles. The molecule has 0 radical (unpaired) electrons. The van der Waals surface area contributed by atoms with Gasteiger partial charge in [0.15, 0.2) is 5.78 Å². The summed E-state index contributed by atoms with van der Waals surface area (Å²) in [5.74, 6) is 0.103. The Balaban J connectivity index is 2.01. The van der Waals surface area contributed by atoms with Gasteiger partial charge in [-0.3, -0.25) is 9.59 Å². The van der Waals surface area contributed by atoms with Gasteiger partial charge < -0.3 is 5.32 Å². The number of anilines is 1. The lowest BCUT2D eigenvalue weighted by atomic mass is 9.98. The Hall–Kier alpha value is -2.42. The van der Waals surface area contributed by atoms with Crippen LogP contribution in [0.15, 0.2) is 54.6 Å². The lowest BCUT2D eigenvalue weighted by Gasteiger charge is -2.14. The Bertz CT molecular complexity index is 662. The summed E-state index contributed by atoms with van der Waals surface area (Å²) in [6.45, 7) is 4.18. The maximum atomic E-state index is 12.4. The lowest BCUT2D eigenvalue weighted by Crippen LogP contribution is -2.22. The van der Waals surface area contributed by atoms with Crippen molar-refractivity contribution < 1.29 is 9.59 Å². The van der Waals surface area contributed by atoms with Gasteiger partial charge in [-0.25, -0.2) is 0 Å². The predicted octanol–water partition coefficient (Wildman–Crippen LogP) is 5.07. The first-order valence-corrected chi connectivity index (χ1v) is 8.66. The second-order valence-corrected chi connectivity index (χ2v) is 6.01. The zero-order valence-corrected chi connectivity index (χ0v) is 14.4. The van der Waals surface area contributed by atoms with E-state index >= 15 is 0 Å². The minimum Gasteiger partial charge on any atom is -0.326 e. The summed E-state index contributed by atoms with van der Waals surface area (Å²) >= 11 is 0. The molecule has 0 aliphatic carbocycles. The molecule has 0 bridgehead atoms. The number of unbranched alkanes of at least 4 members (excludes halogenated alkanes) is 1. The third-order valence-corrected chi connectivity index (χ3v) is 4.22. The van der Waals surface area contributed by atoms with Crippen molar-refractivity contribution in [1.29, 1.82) is 0 Å². The fourth-order valence-corrected chi connectivity index (χ4v) is 2.68. The smallest absolute Gasteiger partial charge is 0.227 e. The van der Waals surface area contributed by atoms with Crippen LogP contribution in [0.25, 0.3) is 0 Å². The summed E-state index contributed by atoms with van der Waals surface area (Å²) in [6.07, 6.45) is 3.93. The Morgan fingerprint density at radius 2 is 1.54 bits per heavy atom. The third-order valence-electron chi connectivity index (χ3n) is 4.22. The van der Waals surface area contributed by atoms with E-state index in [2.05, 4.69) is 12.2 Å². The van der Waals surface area contributed by atoms with Crippen LogP contribution in [0.2, 0.25) is 0 Å². The van der Waals surface area contributed by atoms with E-state index in [9.17, 15) is 9.59 Å². The molecule has 0 spiro atoms. The molecule has 2 aromatic rings. The summed E-state index contributed by atoms with van der Waals surface area (Å²) in [7, 11) is 0.